The molecule has 4 nitrogen and oxygen atoms in total. The molecule has 0 bridgehead atoms. The Hall–Kier alpha value is -1.83. The third-order valence-electron chi connectivity index (χ3n) is 3.00. The Morgan fingerprint density at radius 1 is 1.48 bits per heavy atom. The zero-order chi connectivity index (χ0) is 15.5. The fraction of sp³-hybridized carbons (Fsp3) is 0.471. The molecule has 0 aliphatic heterocycles. The van der Waals surface area contributed by atoms with E-state index in [9.17, 15) is 4.79 Å². The molecule has 1 aromatic carbocycles. The molecule has 1 amide bonds. The molecule has 0 spiro atoms. The average Bonchev–Trinajstić information content (AvgIpc) is 2.50. The van der Waals surface area contributed by atoms with E-state index in [0.717, 1.165) is 17.5 Å². The number of benzene rings is 1. The predicted molar refractivity (Wildman–Crippen MR) is 84.7 cm³/mol. The summed E-state index contributed by atoms with van der Waals surface area (Å²) < 4.78 is 5.22. The molecular weight excluding hydrogens is 264 g/mol. The van der Waals surface area contributed by atoms with Crippen molar-refractivity contribution >= 4 is 5.91 Å². The minimum absolute atomic E-state index is 0.0378. The molecule has 4 heteroatoms. The van der Waals surface area contributed by atoms with Crippen LogP contribution in [0.25, 0.3) is 0 Å². The number of carbonyl (C=O) groups is 1. The van der Waals surface area contributed by atoms with Gasteiger partial charge >= 0.3 is 0 Å². The van der Waals surface area contributed by atoms with Gasteiger partial charge in [0.2, 0.25) is 5.91 Å². The summed E-state index contributed by atoms with van der Waals surface area (Å²) in [5.74, 6) is 5.87. The van der Waals surface area contributed by atoms with E-state index in [1.807, 2.05) is 38.1 Å². The van der Waals surface area contributed by atoms with Crippen LogP contribution in [0.1, 0.15) is 43.9 Å². The summed E-state index contributed by atoms with van der Waals surface area (Å²) in [6.45, 7) is 5.58. The summed E-state index contributed by atoms with van der Waals surface area (Å²) in [5.41, 5.74) is 7.32. The van der Waals surface area contributed by atoms with E-state index in [-0.39, 0.29) is 11.9 Å². The van der Waals surface area contributed by atoms with Crippen LogP contribution in [0.4, 0.5) is 0 Å². The summed E-state index contributed by atoms with van der Waals surface area (Å²) in [6.07, 6.45) is 1.23. The van der Waals surface area contributed by atoms with Gasteiger partial charge < -0.3 is 15.8 Å². The first-order valence-electron chi connectivity index (χ1n) is 7.33. The summed E-state index contributed by atoms with van der Waals surface area (Å²) in [4.78, 5) is 11.8. The van der Waals surface area contributed by atoms with E-state index in [2.05, 4.69) is 17.2 Å². The van der Waals surface area contributed by atoms with Crippen molar-refractivity contribution in [2.75, 3.05) is 19.8 Å². The van der Waals surface area contributed by atoms with E-state index in [1.54, 1.807) is 0 Å². The van der Waals surface area contributed by atoms with Gasteiger partial charge in [0, 0.05) is 25.2 Å². The van der Waals surface area contributed by atoms with Crippen molar-refractivity contribution in [2.24, 2.45) is 5.73 Å². The maximum Gasteiger partial charge on any atom is 0.220 e. The third kappa shape index (κ3) is 6.94. The summed E-state index contributed by atoms with van der Waals surface area (Å²) in [7, 11) is 0. The van der Waals surface area contributed by atoms with Crippen molar-refractivity contribution in [3.8, 4) is 11.8 Å². The van der Waals surface area contributed by atoms with Crippen LogP contribution in [0.3, 0.4) is 0 Å². The largest absolute Gasteiger partial charge is 0.382 e. The fourth-order valence-electron chi connectivity index (χ4n) is 1.91. The lowest BCUT2D eigenvalue weighted by molar-refractivity contribution is -0.122. The molecule has 0 saturated heterocycles. The smallest absolute Gasteiger partial charge is 0.220 e. The molecular formula is C17H24N2O2. The van der Waals surface area contributed by atoms with Crippen LogP contribution in [0.5, 0.6) is 0 Å². The quantitative estimate of drug-likeness (QED) is 0.596. The molecule has 21 heavy (non-hydrogen) atoms. The number of amides is 1. The van der Waals surface area contributed by atoms with Gasteiger partial charge in [-0.25, -0.2) is 0 Å². The van der Waals surface area contributed by atoms with Crippen LogP contribution in [0.2, 0.25) is 0 Å². The van der Waals surface area contributed by atoms with Crippen molar-refractivity contribution < 1.29 is 9.53 Å². The van der Waals surface area contributed by atoms with E-state index < -0.39 is 0 Å². The molecule has 1 rings (SSSR count). The number of ether oxygens (including phenoxy) is 1. The van der Waals surface area contributed by atoms with Crippen LogP contribution in [-0.2, 0) is 9.53 Å². The number of hydrogen-bond donors (Lipinski definition) is 2. The van der Waals surface area contributed by atoms with Crippen LogP contribution in [0, 0.1) is 11.8 Å². The molecule has 3 N–H and O–H groups in total. The zero-order valence-electron chi connectivity index (χ0n) is 12.8. The molecule has 0 saturated carbocycles. The van der Waals surface area contributed by atoms with Gasteiger partial charge in [-0.2, -0.15) is 0 Å². The second-order valence-corrected chi connectivity index (χ2v) is 4.72. The number of carbonyl (C=O) groups excluding carboxylic acids is 1. The Labute approximate surface area is 127 Å². The third-order valence-corrected chi connectivity index (χ3v) is 3.00. The van der Waals surface area contributed by atoms with Gasteiger partial charge in [-0.1, -0.05) is 24.0 Å². The molecule has 0 aliphatic rings. The van der Waals surface area contributed by atoms with E-state index in [1.165, 1.54) is 0 Å². The number of hydrogen-bond acceptors (Lipinski definition) is 3. The molecule has 0 heterocycles. The summed E-state index contributed by atoms with van der Waals surface area (Å²) in [5, 5.41) is 2.99. The SMILES string of the molecule is CCOCCCC(=O)NC(C)c1cccc(C#CCN)c1. The standard InChI is InChI=1S/C17H24N2O2/c1-3-21-12-6-10-17(20)19-14(2)16-9-4-7-15(13-16)8-5-11-18/h4,7,9,13-14H,3,6,10-12,18H2,1-2H3,(H,19,20). The number of rotatable bonds is 7. The van der Waals surface area contributed by atoms with Gasteiger partial charge in [-0.05, 0) is 38.0 Å². The summed E-state index contributed by atoms with van der Waals surface area (Å²) in [6, 6.07) is 7.80. The second kappa shape index (κ2) is 9.98. The van der Waals surface area contributed by atoms with Crippen molar-refractivity contribution in [2.45, 2.75) is 32.7 Å². The van der Waals surface area contributed by atoms with Gasteiger partial charge in [0.25, 0.3) is 0 Å². The van der Waals surface area contributed by atoms with Crippen molar-refractivity contribution in [1.29, 1.82) is 0 Å². The molecule has 0 aromatic heterocycles. The topological polar surface area (TPSA) is 64.3 Å². The lowest BCUT2D eigenvalue weighted by Gasteiger charge is -2.14. The molecule has 1 atom stereocenters. The van der Waals surface area contributed by atoms with Crippen molar-refractivity contribution in [3.05, 3.63) is 35.4 Å². The highest BCUT2D eigenvalue weighted by molar-refractivity contribution is 5.76. The van der Waals surface area contributed by atoms with E-state index in [4.69, 9.17) is 10.5 Å². The zero-order valence-corrected chi connectivity index (χ0v) is 12.8. The molecule has 1 unspecified atom stereocenters. The highest BCUT2D eigenvalue weighted by Crippen LogP contribution is 2.14. The highest BCUT2D eigenvalue weighted by atomic mass is 16.5. The fourth-order valence-corrected chi connectivity index (χ4v) is 1.91. The molecule has 0 radical (unpaired) electrons. The maximum absolute atomic E-state index is 11.8. The Kier molecular flexibility index (Phi) is 8.18. The lowest BCUT2D eigenvalue weighted by Crippen LogP contribution is -2.26. The van der Waals surface area contributed by atoms with Gasteiger partial charge in [0.1, 0.15) is 0 Å². The van der Waals surface area contributed by atoms with Crippen LogP contribution in [0.15, 0.2) is 24.3 Å². The van der Waals surface area contributed by atoms with Gasteiger partial charge in [-0.3, -0.25) is 4.79 Å². The first-order chi connectivity index (χ1) is 10.2. The Bertz CT molecular complexity index is 503. The van der Waals surface area contributed by atoms with Gasteiger partial charge in [0.15, 0.2) is 0 Å². The van der Waals surface area contributed by atoms with Crippen LogP contribution in [-0.4, -0.2) is 25.7 Å². The lowest BCUT2D eigenvalue weighted by atomic mass is 10.0. The minimum Gasteiger partial charge on any atom is -0.382 e. The number of nitrogens with one attached hydrogen (secondary N) is 1. The normalized spacial score (nSPS) is 11.4. The van der Waals surface area contributed by atoms with E-state index in [0.29, 0.717) is 26.2 Å². The first-order valence-corrected chi connectivity index (χ1v) is 7.33. The van der Waals surface area contributed by atoms with Gasteiger partial charge in [0.05, 0.1) is 12.6 Å². The minimum atomic E-state index is -0.0378. The van der Waals surface area contributed by atoms with Crippen molar-refractivity contribution in [3.63, 3.8) is 0 Å². The monoisotopic (exact) mass is 288 g/mol. The highest BCUT2D eigenvalue weighted by Gasteiger charge is 2.09. The molecule has 0 aliphatic carbocycles. The molecule has 114 valence electrons. The van der Waals surface area contributed by atoms with Gasteiger partial charge in [-0.15, -0.1) is 0 Å². The second-order valence-electron chi connectivity index (χ2n) is 4.72. The Morgan fingerprint density at radius 2 is 2.29 bits per heavy atom. The molecule has 1 aromatic rings. The molecule has 0 fully saturated rings. The predicted octanol–water partition coefficient (Wildman–Crippen LogP) is 1.99. The summed E-state index contributed by atoms with van der Waals surface area (Å²) >= 11 is 0. The maximum atomic E-state index is 11.8. The van der Waals surface area contributed by atoms with Crippen LogP contribution >= 0.6 is 0 Å². The van der Waals surface area contributed by atoms with E-state index >= 15 is 0 Å². The Morgan fingerprint density at radius 3 is 3.00 bits per heavy atom. The number of nitrogens with two attached hydrogens (primary N) is 1. The van der Waals surface area contributed by atoms with Crippen molar-refractivity contribution in [1.82, 2.24) is 5.32 Å². The first kappa shape index (κ1) is 17.2. The van der Waals surface area contributed by atoms with Crippen LogP contribution < -0.4 is 11.1 Å². The average molecular weight is 288 g/mol. The Balaban J connectivity index is 2.51.